The third-order valence-corrected chi connectivity index (χ3v) is 5.12. The fraction of sp³-hybridized carbons (Fsp3) is 0.0769. The summed E-state index contributed by atoms with van der Waals surface area (Å²) in [6.07, 6.45) is 0. The Morgan fingerprint density at radius 2 is 2.05 bits per heavy atom. The van der Waals surface area contributed by atoms with Gasteiger partial charge in [0.2, 0.25) is 0 Å². The molecule has 0 fully saturated rings. The number of fused-ring (bicyclic) bond motifs is 1. The number of methoxy groups -OCH3 is 1. The largest absolute Gasteiger partial charge is 0.495 e. The van der Waals surface area contributed by atoms with Crippen molar-refractivity contribution in [3.63, 3.8) is 0 Å². The highest BCUT2D eigenvalue weighted by atomic mass is 35.5. The van der Waals surface area contributed by atoms with E-state index in [0.717, 1.165) is 11.7 Å². The summed E-state index contributed by atoms with van der Waals surface area (Å²) in [5.41, 5.74) is 1.13. The van der Waals surface area contributed by atoms with Crippen LogP contribution in [0, 0.1) is 0 Å². The van der Waals surface area contributed by atoms with Gasteiger partial charge in [-0.3, -0.25) is 4.72 Å². The van der Waals surface area contributed by atoms with Crippen LogP contribution in [0.2, 0.25) is 5.02 Å². The van der Waals surface area contributed by atoms with Crippen molar-refractivity contribution >= 4 is 50.1 Å². The van der Waals surface area contributed by atoms with Crippen molar-refractivity contribution in [2.75, 3.05) is 11.8 Å². The van der Waals surface area contributed by atoms with Gasteiger partial charge in [-0.2, -0.15) is 8.75 Å². The molecule has 0 unspecified atom stereocenters. The van der Waals surface area contributed by atoms with Crippen LogP contribution < -0.4 is 9.46 Å². The van der Waals surface area contributed by atoms with Crippen molar-refractivity contribution in [3.8, 4) is 5.75 Å². The lowest BCUT2D eigenvalue weighted by molar-refractivity contribution is 0.417. The lowest BCUT2D eigenvalue weighted by Crippen LogP contribution is -2.14. The molecule has 1 N–H and O–H groups in total. The molecule has 0 saturated carbocycles. The Hall–Kier alpha value is -1.90. The van der Waals surface area contributed by atoms with E-state index in [0.29, 0.717) is 21.8 Å². The van der Waals surface area contributed by atoms with Crippen LogP contribution >= 0.6 is 23.3 Å². The summed E-state index contributed by atoms with van der Waals surface area (Å²) in [5, 5.41) is 0.395. The fourth-order valence-corrected chi connectivity index (χ4v) is 3.96. The van der Waals surface area contributed by atoms with Gasteiger partial charge >= 0.3 is 0 Å². The number of nitrogens with zero attached hydrogens (tertiary/aromatic N) is 2. The van der Waals surface area contributed by atoms with E-state index in [-0.39, 0.29) is 10.6 Å². The van der Waals surface area contributed by atoms with Gasteiger partial charge < -0.3 is 4.74 Å². The predicted octanol–water partition coefficient (Wildman–Crippen LogP) is 3.15. The number of aromatic nitrogens is 2. The van der Waals surface area contributed by atoms with Gasteiger partial charge in [-0.15, -0.1) is 0 Å². The van der Waals surface area contributed by atoms with Crippen LogP contribution in [0.1, 0.15) is 0 Å². The van der Waals surface area contributed by atoms with E-state index in [9.17, 15) is 8.42 Å². The number of rotatable bonds is 4. The highest BCUT2D eigenvalue weighted by molar-refractivity contribution is 7.93. The fourth-order valence-electron chi connectivity index (χ4n) is 1.96. The topological polar surface area (TPSA) is 81.2 Å². The number of halogens is 1. The smallest absolute Gasteiger partial charge is 0.264 e. The molecule has 9 heteroatoms. The highest BCUT2D eigenvalue weighted by Gasteiger charge is 2.21. The SMILES string of the molecule is COc1ccc(Cl)cc1NS(=O)(=O)c1cccc2nsnc12. The van der Waals surface area contributed by atoms with E-state index >= 15 is 0 Å². The summed E-state index contributed by atoms with van der Waals surface area (Å²) in [7, 11) is -2.39. The van der Waals surface area contributed by atoms with Crippen LogP contribution in [-0.2, 0) is 10.0 Å². The van der Waals surface area contributed by atoms with Crippen LogP contribution in [0.4, 0.5) is 5.69 Å². The number of hydrogen-bond donors (Lipinski definition) is 1. The molecule has 2 aromatic carbocycles. The standard InChI is InChI=1S/C13H10ClN3O3S2/c1-20-11-6-5-8(14)7-10(11)17-22(18,19)12-4-2-3-9-13(12)16-21-15-9/h2-7,17H,1H3. The molecule has 1 heterocycles. The first kappa shape index (κ1) is 15.0. The monoisotopic (exact) mass is 355 g/mol. The van der Waals surface area contributed by atoms with Gasteiger partial charge in [-0.25, -0.2) is 8.42 Å². The molecule has 0 radical (unpaired) electrons. The van der Waals surface area contributed by atoms with Crippen LogP contribution in [0.5, 0.6) is 5.75 Å². The first-order valence-corrected chi connectivity index (χ1v) is 8.68. The molecule has 0 saturated heterocycles. The zero-order chi connectivity index (χ0) is 15.7. The quantitative estimate of drug-likeness (QED) is 0.777. The average molecular weight is 356 g/mol. The maximum absolute atomic E-state index is 12.6. The Bertz CT molecular complexity index is 941. The highest BCUT2D eigenvalue weighted by Crippen LogP contribution is 2.31. The van der Waals surface area contributed by atoms with Gasteiger partial charge in [0.15, 0.2) is 0 Å². The Kier molecular flexibility index (Phi) is 3.90. The van der Waals surface area contributed by atoms with E-state index in [4.69, 9.17) is 16.3 Å². The van der Waals surface area contributed by atoms with Crippen molar-refractivity contribution in [1.82, 2.24) is 8.75 Å². The second-order valence-electron chi connectivity index (χ2n) is 4.34. The lowest BCUT2D eigenvalue weighted by Gasteiger charge is -2.12. The van der Waals surface area contributed by atoms with Crippen molar-refractivity contribution < 1.29 is 13.2 Å². The minimum absolute atomic E-state index is 0.0563. The van der Waals surface area contributed by atoms with Gasteiger partial charge in [0.1, 0.15) is 21.7 Å². The van der Waals surface area contributed by atoms with Crippen molar-refractivity contribution in [3.05, 3.63) is 41.4 Å². The average Bonchev–Trinajstić information content (AvgIpc) is 2.95. The first-order chi connectivity index (χ1) is 10.5. The van der Waals surface area contributed by atoms with Crippen LogP contribution in [0.15, 0.2) is 41.3 Å². The molecule has 3 aromatic rings. The zero-order valence-electron chi connectivity index (χ0n) is 11.3. The molecule has 0 atom stereocenters. The molecule has 0 spiro atoms. The van der Waals surface area contributed by atoms with Crippen molar-refractivity contribution in [2.45, 2.75) is 4.90 Å². The number of sulfonamides is 1. The maximum Gasteiger partial charge on any atom is 0.264 e. The van der Waals surface area contributed by atoms with Crippen molar-refractivity contribution in [1.29, 1.82) is 0 Å². The van der Waals surface area contributed by atoms with E-state index in [1.54, 1.807) is 24.3 Å². The molecule has 6 nitrogen and oxygen atoms in total. The third kappa shape index (κ3) is 2.72. The summed E-state index contributed by atoms with van der Waals surface area (Å²) in [5.74, 6) is 0.372. The molecule has 0 bridgehead atoms. The molecule has 0 aliphatic heterocycles. The summed E-state index contributed by atoms with van der Waals surface area (Å²) < 4.78 is 40.9. The Labute approximate surface area is 136 Å². The molecular formula is C13H10ClN3O3S2. The molecule has 3 rings (SSSR count). The second kappa shape index (κ2) is 5.71. The van der Waals surface area contributed by atoms with Gasteiger partial charge in [0, 0.05) is 5.02 Å². The third-order valence-electron chi connectivity index (χ3n) is 2.94. The predicted molar refractivity (Wildman–Crippen MR) is 86.2 cm³/mol. The van der Waals surface area contributed by atoms with Gasteiger partial charge in [-0.1, -0.05) is 17.7 Å². The van der Waals surface area contributed by atoms with Crippen LogP contribution in [-0.4, -0.2) is 24.3 Å². The van der Waals surface area contributed by atoms with E-state index in [1.165, 1.54) is 19.2 Å². The molecule has 0 aliphatic rings. The number of nitrogens with one attached hydrogen (secondary N) is 1. The van der Waals surface area contributed by atoms with Gasteiger partial charge in [-0.05, 0) is 30.3 Å². The minimum Gasteiger partial charge on any atom is -0.495 e. The number of anilines is 1. The lowest BCUT2D eigenvalue weighted by atomic mass is 10.3. The Morgan fingerprint density at radius 3 is 2.82 bits per heavy atom. The summed E-state index contributed by atoms with van der Waals surface area (Å²) in [6.45, 7) is 0. The number of benzene rings is 2. The van der Waals surface area contributed by atoms with E-state index in [1.807, 2.05) is 0 Å². The second-order valence-corrected chi connectivity index (χ2v) is 6.95. The number of ether oxygens (including phenoxy) is 1. The maximum atomic E-state index is 12.6. The van der Waals surface area contributed by atoms with Crippen molar-refractivity contribution in [2.24, 2.45) is 0 Å². The van der Waals surface area contributed by atoms with Crippen LogP contribution in [0.3, 0.4) is 0 Å². The zero-order valence-corrected chi connectivity index (χ0v) is 13.7. The molecule has 114 valence electrons. The summed E-state index contributed by atoms with van der Waals surface area (Å²) >= 11 is 6.88. The summed E-state index contributed by atoms with van der Waals surface area (Å²) in [6, 6.07) is 9.49. The molecule has 1 aromatic heterocycles. The van der Waals surface area contributed by atoms with Gasteiger partial charge in [0.25, 0.3) is 10.0 Å². The first-order valence-electron chi connectivity index (χ1n) is 6.09. The normalized spacial score (nSPS) is 11.5. The van der Waals surface area contributed by atoms with E-state index < -0.39 is 10.0 Å². The molecule has 22 heavy (non-hydrogen) atoms. The molecule has 0 aliphatic carbocycles. The minimum atomic E-state index is -3.84. The number of hydrogen-bond acceptors (Lipinski definition) is 6. The summed E-state index contributed by atoms with van der Waals surface area (Å²) in [4.78, 5) is 0.0563. The molecular weight excluding hydrogens is 346 g/mol. The Morgan fingerprint density at radius 1 is 1.23 bits per heavy atom. The van der Waals surface area contributed by atoms with Crippen LogP contribution in [0.25, 0.3) is 11.0 Å². The molecule has 0 amide bonds. The Balaban J connectivity index is 2.08. The van der Waals surface area contributed by atoms with E-state index in [2.05, 4.69) is 13.5 Å². The van der Waals surface area contributed by atoms with Gasteiger partial charge in [0.05, 0.1) is 24.5 Å².